The van der Waals surface area contributed by atoms with Gasteiger partial charge in [0, 0.05) is 23.3 Å². The highest BCUT2D eigenvalue weighted by Crippen LogP contribution is 2.34. The van der Waals surface area contributed by atoms with Crippen LogP contribution in [0.3, 0.4) is 0 Å². The SMILES string of the molecule is CC(C)(C)c1ccc(/C=C/c2ccccc2)n1CC1CC1. The van der Waals surface area contributed by atoms with Gasteiger partial charge in [-0.25, -0.2) is 0 Å². The lowest BCUT2D eigenvalue weighted by Crippen LogP contribution is -2.19. The van der Waals surface area contributed by atoms with E-state index in [9.17, 15) is 0 Å². The van der Waals surface area contributed by atoms with Crippen LogP contribution in [0.25, 0.3) is 12.2 Å². The molecule has 1 fully saturated rings. The first-order valence-corrected chi connectivity index (χ1v) is 7.97. The van der Waals surface area contributed by atoms with Gasteiger partial charge in [0.05, 0.1) is 0 Å². The first-order chi connectivity index (χ1) is 10.0. The molecule has 1 aliphatic rings. The average molecular weight is 279 g/mol. The number of benzene rings is 1. The Morgan fingerprint density at radius 2 is 1.71 bits per heavy atom. The van der Waals surface area contributed by atoms with Crippen LogP contribution in [0.15, 0.2) is 42.5 Å². The van der Waals surface area contributed by atoms with E-state index in [1.165, 1.54) is 36.3 Å². The van der Waals surface area contributed by atoms with E-state index in [1.54, 1.807) is 0 Å². The van der Waals surface area contributed by atoms with Crippen LogP contribution >= 0.6 is 0 Å². The van der Waals surface area contributed by atoms with Crippen molar-refractivity contribution in [2.45, 2.75) is 45.6 Å². The molecule has 0 saturated heterocycles. The first-order valence-electron chi connectivity index (χ1n) is 7.97. The van der Waals surface area contributed by atoms with Crippen molar-refractivity contribution in [3.63, 3.8) is 0 Å². The predicted molar refractivity (Wildman–Crippen MR) is 91.2 cm³/mol. The molecule has 3 rings (SSSR count). The minimum Gasteiger partial charge on any atom is -0.344 e. The Hall–Kier alpha value is -1.76. The second kappa shape index (κ2) is 5.55. The summed E-state index contributed by atoms with van der Waals surface area (Å²) in [4.78, 5) is 0. The highest BCUT2D eigenvalue weighted by Gasteiger charge is 2.26. The standard InChI is InChI=1S/C20H25N/c1-20(2,3)19-14-13-18(21(19)15-17-9-10-17)12-11-16-7-5-4-6-8-16/h4-8,11-14,17H,9-10,15H2,1-3H3/b12-11+. The Kier molecular flexibility index (Phi) is 3.75. The molecule has 1 heterocycles. The molecule has 0 unspecified atom stereocenters. The van der Waals surface area contributed by atoms with Gasteiger partial charge < -0.3 is 4.57 Å². The van der Waals surface area contributed by atoms with E-state index in [2.05, 4.69) is 80.0 Å². The summed E-state index contributed by atoms with van der Waals surface area (Å²) in [5.41, 5.74) is 4.24. The van der Waals surface area contributed by atoms with Gasteiger partial charge in [-0.2, -0.15) is 0 Å². The molecule has 1 aromatic carbocycles. The summed E-state index contributed by atoms with van der Waals surface area (Å²) in [6, 6.07) is 15.1. The van der Waals surface area contributed by atoms with Crippen molar-refractivity contribution < 1.29 is 0 Å². The Bertz CT molecular complexity index is 622. The van der Waals surface area contributed by atoms with Crippen LogP contribution in [0.2, 0.25) is 0 Å². The molecule has 1 aliphatic carbocycles. The number of aromatic nitrogens is 1. The Labute approximate surface area is 128 Å². The molecule has 0 bridgehead atoms. The van der Waals surface area contributed by atoms with Crippen molar-refractivity contribution in [1.29, 1.82) is 0 Å². The second-order valence-corrected chi connectivity index (χ2v) is 7.19. The maximum Gasteiger partial charge on any atom is 0.0409 e. The molecule has 0 atom stereocenters. The van der Waals surface area contributed by atoms with E-state index in [0.29, 0.717) is 0 Å². The predicted octanol–water partition coefficient (Wildman–Crippen LogP) is 5.37. The molecule has 1 saturated carbocycles. The minimum atomic E-state index is 0.202. The number of rotatable bonds is 4. The van der Waals surface area contributed by atoms with Crippen molar-refractivity contribution in [2.75, 3.05) is 0 Å². The molecular formula is C20H25N. The lowest BCUT2D eigenvalue weighted by Gasteiger charge is -2.22. The zero-order chi connectivity index (χ0) is 14.9. The van der Waals surface area contributed by atoms with E-state index in [-0.39, 0.29) is 5.41 Å². The summed E-state index contributed by atoms with van der Waals surface area (Å²) < 4.78 is 2.52. The van der Waals surface area contributed by atoms with Crippen LogP contribution < -0.4 is 0 Å². The summed E-state index contributed by atoms with van der Waals surface area (Å²) in [6.45, 7) is 8.08. The maximum atomic E-state index is 2.52. The lowest BCUT2D eigenvalue weighted by atomic mass is 9.92. The highest BCUT2D eigenvalue weighted by molar-refractivity contribution is 5.68. The third-order valence-electron chi connectivity index (χ3n) is 4.17. The summed E-state index contributed by atoms with van der Waals surface area (Å²) in [5, 5.41) is 0. The molecule has 0 amide bonds. The van der Waals surface area contributed by atoms with Gasteiger partial charge in [0.25, 0.3) is 0 Å². The monoisotopic (exact) mass is 279 g/mol. The summed E-state index contributed by atoms with van der Waals surface area (Å²) in [5.74, 6) is 0.891. The van der Waals surface area contributed by atoms with Gasteiger partial charge in [0.1, 0.15) is 0 Å². The van der Waals surface area contributed by atoms with Crippen LogP contribution in [0.4, 0.5) is 0 Å². The van der Waals surface area contributed by atoms with Crippen molar-refractivity contribution in [1.82, 2.24) is 4.57 Å². The molecule has 0 aliphatic heterocycles. The van der Waals surface area contributed by atoms with Gasteiger partial charge in [0.2, 0.25) is 0 Å². The van der Waals surface area contributed by atoms with Crippen LogP contribution in [0.5, 0.6) is 0 Å². The normalized spacial score (nSPS) is 15.8. The molecule has 110 valence electrons. The minimum absolute atomic E-state index is 0.202. The first kappa shape index (κ1) is 14.2. The molecule has 0 spiro atoms. The summed E-state index contributed by atoms with van der Waals surface area (Å²) in [7, 11) is 0. The topological polar surface area (TPSA) is 4.93 Å². The Morgan fingerprint density at radius 1 is 1.00 bits per heavy atom. The number of nitrogens with zero attached hydrogens (tertiary/aromatic N) is 1. The second-order valence-electron chi connectivity index (χ2n) is 7.19. The molecule has 21 heavy (non-hydrogen) atoms. The molecule has 0 radical (unpaired) electrons. The number of hydrogen-bond donors (Lipinski definition) is 0. The summed E-state index contributed by atoms with van der Waals surface area (Å²) >= 11 is 0. The van der Waals surface area contributed by atoms with E-state index in [0.717, 1.165) is 5.92 Å². The third kappa shape index (κ3) is 3.47. The lowest BCUT2D eigenvalue weighted by molar-refractivity contribution is 0.499. The highest BCUT2D eigenvalue weighted by atomic mass is 15.0. The Morgan fingerprint density at radius 3 is 2.33 bits per heavy atom. The van der Waals surface area contributed by atoms with Crippen LogP contribution in [0, 0.1) is 5.92 Å². The van der Waals surface area contributed by atoms with Gasteiger partial charge in [-0.15, -0.1) is 0 Å². The fourth-order valence-electron chi connectivity index (χ4n) is 2.79. The van der Waals surface area contributed by atoms with Gasteiger partial charge in [-0.05, 0) is 42.5 Å². The van der Waals surface area contributed by atoms with Crippen molar-refractivity contribution >= 4 is 12.2 Å². The molecular weight excluding hydrogens is 254 g/mol. The van der Waals surface area contributed by atoms with Crippen molar-refractivity contribution in [2.24, 2.45) is 5.92 Å². The zero-order valence-electron chi connectivity index (χ0n) is 13.3. The van der Waals surface area contributed by atoms with E-state index >= 15 is 0 Å². The van der Waals surface area contributed by atoms with E-state index in [4.69, 9.17) is 0 Å². The van der Waals surface area contributed by atoms with Crippen LogP contribution in [-0.4, -0.2) is 4.57 Å². The smallest absolute Gasteiger partial charge is 0.0409 e. The quantitative estimate of drug-likeness (QED) is 0.709. The van der Waals surface area contributed by atoms with Crippen molar-refractivity contribution in [3.05, 3.63) is 59.4 Å². The third-order valence-corrected chi connectivity index (χ3v) is 4.17. The van der Waals surface area contributed by atoms with Gasteiger partial charge in [0.15, 0.2) is 0 Å². The van der Waals surface area contributed by atoms with Gasteiger partial charge in [-0.3, -0.25) is 0 Å². The van der Waals surface area contributed by atoms with Crippen molar-refractivity contribution in [3.8, 4) is 0 Å². The molecule has 1 aromatic heterocycles. The number of hydrogen-bond acceptors (Lipinski definition) is 0. The molecule has 2 aromatic rings. The van der Waals surface area contributed by atoms with Gasteiger partial charge >= 0.3 is 0 Å². The van der Waals surface area contributed by atoms with E-state index in [1.807, 2.05) is 0 Å². The summed E-state index contributed by atoms with van der Waals surface area (Å²) in [6.07, 6.45) is 7.26. The van der Waals surface area contributed by atoms with Crippen LogP contribution in [0.1, 0.15) is 50.6 Å². The fraction of sp³-hybridized carbons (Fsp3) is 0.400. The average Bonchev–Trinajstić information content (AvgIpc) is 3.16. The largest absolute Gasteiger partial charge is 0.344 e. The van der Waals surface area contributed by atoms with Crippen LogP contribution in [-0.2, 0) is 12.0 Å². The maximum absolute atomic E-state index is 2.52. The molecule has 1 nitrogen and oxygen atoms in total. The zero-order valence-corrected chi connectivity index (χ0v) is 13.3. The molecule has 1 heteroatoms. The van der Waals surface area contributed by atoms with E-state index < -0.39 is 0 Å². The molecule has 0 N–H and O–H groups in total. The Balaban J connectivity index is 1.90. The van der Waals surface area contributed by atoms with Gasteiger partial charge in [-0.1, -0.05) is 57.2 Å². The fourth-order valence-corrected chi connectivity index (χ4v) is 2.79.